The third-order valence-corrected chi connectivity index (χ3v) is 3.30. The normalized spacial score (nSPS) is 11.8. The molecule has 4 heteroatoms. The van der Waals surface area contributed by atoms with E-state index in [0.717, 1.165) is 21.9 Å². The van der Waals surface area contributed by atoms with E-state index in [2.05, 4.69) is 0 Å². The van der Waals surface area contributed by atoms with Crippen molar-refractivity contribution in [3.63, 3.8) is 0 Å². The van der Waals surface area contributed by atoms with E-state index in [4.69, 9.17) is 4.74 Å². The summed E-state index contributed by atoms with van der Waals surface area (Å²) in [6.45, 7) is 3.60. The van der Waals surface area contributed by atoms with Crippen LogP contribution in [0, 0.1) is 0 Å². The molecule has 0 aliphatic rings. The molecule has 0 aromatic heterocycles. The molecular weight excluding hydrogens is 266 g/mol. The van der Waals surface area contributed by atoms with E-state index in [1.165, 1.54) is 6.92 Å². The Bertz CT molecular complexity index is 581. The maximum atomic E-state index is 11.1. The fourth-order valence-electron chi connectivity index (χ4n) is 2.00. The van der Waals surface area contributed by atoms with Gasteiger partial charge in [0.25, 0.3) is 0 Å². The average molecular weight is 285 g/mol. The second-order valence-electron chi connectivity index (χ2n) is 4.88. The fraction of sp³-hybridized carbons (Fsp3) is 0.235. The van der Waals surface area contributed by atoms with Crippen LogP contribution in [0.5, 0.6) is 5.75 Å². The van der Waals surface area contributed by atoms with Crippen molar-refractivity contribution >= 4 is 5.91 Å². The lowest BCUT2D eigenvalue weighted by molar-refractivity contribution is -0.172. The molecule has 0 aliphatic heterocycles. The number of benzene rings is 2. The molecule has 2 aromatic carbocycles. The zero-order valence-corrected chi connectivity index (χ0v) is 12.2. The molecule has 1 N–H and O–H groups in total. The highest BCUT2D eigenvalue weighted by Crippen LogP contribution is 2.22. The van der Waals surface area contributed by atoms with Crippen molar-refractivity contribution in [2.75, 3.05) is 0 Å². The van der Waals surface area contributed by atoms with Crippen molar-refractivity contribution in [1.82, 2.24) is 5.06 Å². The molecule has 0 unspecified atom stereocenters. The van der Waals surface area contributed by atoms with Crippen LogP contribution < -0.4 is 4.74 Å². The first-order chi connectivity index (χ1) is 10.1. The summed E-state index contributed by atoms with van der Waals surface area (Å²) in [5, 5.41) is 10.3. The van der Waals surface area contributed by atoms with E-state index in [-0.39, 0.29) is 11.9 Å². The van der Waals surface area contributed by atoms with Crippen LogP contribution in [-0.4, -0.2) is 16.2 Å². The van der Waals surface area contributed by atoms with Crippen molar-refractivity contribution in [1.29, 1.82) is 0 Å². The largest absolute Gasteiger partial charge is 0.489 e. The van der Waals surface area contributed by atoms with Crippen LogP contribution in [0.4, 0.5) is 0 Å². The Morgan fingerprint density at radius 2 is 1.76 bits per heavy atom. The fourth-order valence-corrected chi connectivity index (χ4v) is 2.00. The Balaban J connectivity index is 1.97. The predicted molar refractivity (Wildman–Crippen MR) is 79.9 cm³/mol. The first-order valence-corrected chi connectivity index (χ1v) is 6.83. The highest BCUT2D eigenvalue weighted by molar-refractivity contribution is 5.72. The number of amides is 1. The van der Waals surface area contributed by atoms with Gasteiger partial charge >= 0.3 is 0 Å². The molecule has 110 valence electrons. The zero-order chi connectivity index (χ0) is 15.2. The highest BCUT2D eigenvalue weighted by atomic mass is 16.5. The van der Waals surface area contributed by atoms with E-state index < -0.39 is 0 Å². The summed E-state index contributed by atoms with van der Waals surface area (Å²) in [4.78, 5) is 11.1. The molecule has 0 saturated heterocycles. The summed E-state index contributed by atoms with van der Waals surface area (Å²) in [7, 11) is 0. The van der Waals surface area contributed by atoms with Gasteiger partial charge in [-0.25, -0.2) is 5.06 Å². The third kappa shape index (κ3) is 4.07. The van der Waals surface area contributed by atoms with Gasteiger partial charge in [0.15, 0.2) is 0 Å². The maximum absolute atomic E-state index is 11.1. The van der Waals surface area contributed by atoms with Crippen LogP contribution in [0.2, 0.25) is 0 Å². The van der Waals surface area contributed by atoms with Gasteiger partial charge in [-0.05, 0) is 30.2 Å². The molecule has 0 radical (unpaired) electrons. The SMILES string of the molecule is CC(=O)N(O)[C@@H](C)c1ccc(OCc2ccccc2)cc1. The van der Waals surface area contributed by atoms with Crippen molar-refractivity contribution in [2.24, 2.45) is 0 Å². The number of nitrogens with zero attached hydrogens (tertiary/aromatic N) is 1. The summed E-state index contributed by atoms with van der Waals surface area (Å²) < 4.78 is 5.69. The first-order valence-electron chi connectivity index (χ1n) is 6.83. The minimum atomic E-state index is -0.384. The number of ether oxygens (including phenoxy) is 1. The monoisotopic (exact) mass is 285 g/mol. The van der Waals surface area contributed by atoms with E-state index in [0.29, 0.717) is 6.61 Å². The molecule has 0 heterocycles. The summed E-state index contributed by atoms with van der Waals surface area (Å²) in [6.07, 6.45) is 0. The van der Waals surface area contributed by atoms with Crippen LogP contribution >= 0.6 is 0 Å². The molecule has 4 nitrogen and oxygen atoms in total. The van der Waals surface area contributed by atoms with Crippen molar-refractivity contribution < 1.29 is 14.7 Å². The number of rotatable bonds is 5. The van der Waals surface area contributed by atoms with Crippen LogP contribution in [-0.2, 0) is 11.4 Å². The lowest BCUT2D eigenvalue weighted by Gasteiger charge is -2.21. The Kier molecular flexibility index (Phi) is 4.95. The number of carbonyl (C=O) groups excluding carboxylic acids is 1. The average Bonchev–Trinajstić information content (AvgIpc) is 2.53. The quantitative estimate of drug-likeness (QED) is 0.675. The standard InChI is InChI=1S/C17H19NO3/c1-13(18(20)14(2)19)16-8-10-17(11-9-16)21-12-15-6-4-3-5-7-15/h3-11,13,20H,12H2,1-2H3/t13-/m0/s1. The Morgan fingerprint density at radius 1 is 1.14 bits per heavy atom. The van der Waals surface area contributed by atoms with Crippen molar-refractivity contribution in [3.05, 3.63) is 65.7 Å². The number of hydroxylamine groups is 2. The Hall–Kier alpha value is -2.33. The number of hydrogen-bond donors (Lipinski definition) is 1. The van der Waals surface area contributed by atoms with Gasteiger partial charge in [0, 0.05) is 6.92 Å². The van der Waals surface area contributed by atoms with Crippen LogP contribution in [0.15, 0.2) is 54.6 Å². The zero-order valence-electron chi connectivity index (χ0n) is 12.2. The van der Waals surface area contributed by atoms with E-state index in [1.807, 2.05) is 54.6 Å². The van der Waals surface area contributed by atoms with Gasteiger partial charge in [-0.3, -0.25) is 10.0 Å². The van der Waals surface area contributed by atoms with Gasteiger partial charge in [-0.2, -0.15) is 0 Å². The molecule has 0 bridgehead atoms. The Morgan fingerprint density at radius 3 is 2.33 bits per heavy atom. The van der Waals surface area contributed by atoms with Crippen molar-refractivity contribution in [3.8, 4) is 5.75 Å². The lowest BCUT2D eigenvalue weighted by Crippen LogP contribution is -2.27. The second-order valence-corrected chi connectivity index (χ2v) is 4.88. The van der Waals surface area contributed by atoms with Crippen LogP contribution in [0.3, 0.4) is 0 Å². The minimum absolute atomic E-state index is 0.382. The first kappa shape index (κ1) is 15.1. The van der Waals surface area contributed by atoms with Gasteiger partial charge in [0.1, 0.15) is 12.4 Å². The smallest absolute Gasteiger partial charge is 0.243 e. The second kappa shape index (κ2) is 6.90. The molecule has 0 aliphatic carbocycles. The lowest BCUT2D eigenvalue weighted by atomic mass is 10.1. The van der Waals surface area contributed by atoms with Gasteiger partial charge in [0.05, 0.1) is 6.04 Å². The molecule has 0 spiro atoms. The molecule has 0 saturated carbocycles. The van der Waals surface area contributed by atoms with Crippen LogP contribution in [0.1, 0.15) is 31.0 Å². The molecule has 2 aromatic rings. The molecule has 21 heavy (non-hydrogen) atoms. The maximum Gasteiger partial charge on any atom is 0.243 e. The minimum Gasteiger partial charge on any atom is -0.489 e. The molecular formula is C17H19NO3. The summed E-state index contributed by atoms with van der Waals surface area (Å²) in [5.74, 6) is 0.369. The molecule has 2 rings (SSSR count). The van der Waals surface area contributed by atoms with E-state index >= 15 is 0 Å². The highest BCUT2D eigenvalue weighted by Gasteiger charge is 2.15. The van der Waals surface area contributed by atoms with Gasteiger partial charge in [-0.15, -0.1) is 0 Å². The summed E-state index contributed by atoms with van der Waals surface area (Å²) >= 11 is 0. The Labute approximate surface area is 124 Å². The van der Waals surface area contributed by atoms with E-state index in [9.17, 15) is 10.0 Å². The summed E-state index contributed by atoms with van der Waals surface area (Å²) in [6, 6.07) is 16.9. The van der Waals surface area contributed by atoms with Crippen LogP contribution in [0.25, 0.3) is 0 Å². The summed E-state index contributed by atoms with van der Waals surface area (Å²) in [5.41, 5.74) is 1.95. The molecule has 1 amide bonds. The molecule has 0 fully saturated rings. The van der Waals surface area contributed by atoms with Crippen molar-refractivity contribution in [2.45, 2.75) is 26.5 Å². The van der Waals surface area contributed by atoms with Gasteiger partial charge in [-0.1, -0.05) is 42.5 Å². The predicted octanol–water partition coefficient (Wildman–Crippen LogP) is 3.56. The van der Waals surface area contributed by atoms with Gasteiger partial charge < -0.3 is 4.74 Å². The van der Waals surface area contributed by atoms with E-state index in [1.54, 1.807) is 6.92 Å². The number of hydrogen-bond acceptors (Lipinski definition) is 3. The third-order valence-electron chi connectivity index (χ3n) is 3.30. The number of carbonyl (C=O) groups is 1. The van der Waals surface area contributed by atoms with Gasteiger partial charge in [0.2, 0.25) is 5.91 Å². The topological polar surface area (TPSA) is 49.8 Å². The molecule has 1 atom stereocenters.